The predicted molar refractivity (Wildman–Crippen MR) is 96.0 cm³/mol. The minimum absolute atomic E-state index is 0.720. The summed E-state index contributed by atoms with van der Waals surface area (Å²) in [6.07, 6.45) is 6.25. The maximum atomic E-state index is 6.03. The van der Waals surface area contributed by atoms with Crippen LogP contribution in [0.15, 0.2) is 61.1 Å². The van der Waals surface area contributed by atoms with E-state index in [1.165, 1.54) is 0 Å². The van der Waals surface area contributed by atoms with E-state index in [-0.39, 0.29) is 0 Å². The molecule has 24 heavy (non-hydrogen) atoms. The summed E-state index contributed by atoms with van der Waals surface area (Å²) in [6.45, 7) is 2.10. The van der Waals surface area contributed by atoms with Crippen LogP contribution >= 0.6 is 11.6 Å². The van der Waals surface area contributed by atoms with Gasteiger partial charge in [0.25, 0.3) is 0 Å². The van der Waals surface area contributed by atoms with Crippen molar-refractivity contribution in [2.45, 2.75) is 13.3 Å². The van der Waals surface area contributed by atoms with Gasteiger partial charge >= 0.3 is 0 Å². The highest BCUT2D eigenvalue weighted by atomic mass is 35.5. The number of aryl methyl sites for hydroxylation is 1. The Bertz CT molecular complexity index is 991. The molecule has 0 aliphatic heterocycles. The smallest absolute Gasteiger partial charge is 0.163 e. The quantitative estimate of drug-likeness (QED) is 0.546. The van der Waals surface area contributed by atoms with Gasteiger partial charge in [-0.05, 0) is 42.3 Å². The Morgan fingerprint density at radius 1 is 1.00 bits per heavy atom. The van der Waals surface area contributed by atoms with Gasteiger partial charge in [0.2, 0.25) is 0 Å². The van der Waals surface area contributed by atoms with E-state index < -0.39 is 0 Å². The molecular formula is C19H15ClN4. The van der Waals surface area contributed by atoms with E-state index in [2.05, 4.69) is 16.9 Å². The second kappa shape index (κ2) is 6.06. The second-order valence-corrected chi connectivity index (χ2v) is 5.93. The van der Waals surface area contributed by atoms with Crippen molar-refractivity contribution in [3.63, 3.8) is 0 Å². The Morgan fingerprint density at radius 3 is 2.54 bits per heavy atom. The Kier molecular flexibility index (Phi) is 3.75. The molecule has 4 aromatic rings. The highest BCUT2D eigenvalue weighted by Gasteiger charge is 2.17. The summed E-state index contributed by atoms with van der Waals surface area (Å²) in [5.74, 6) is 0. The molecule has 4 rings (SSSR count). The molecule has 3 aromatic heterocycles. The molecule has 0 N–H and O–H groups in total. The molecule has 0 bridgehead atoms. The third-order valence-corrected chi connectivity index (χ3v) is 4.27. The lowest BCUT2D eigenvalue weighted by Gasteiger charge is -2.05. The molecule has 5 heteroatoms. The lowest BCUT2D eigenvalue weighted by molar-refractivity contribution is 0.893. The first kappa shape index (κ1) is 14.8. The van der Waals surface area contributed by atoms with Crippen molar-refractivity contribution in [1.82, 2.24) is 19.6 Å². The van der Waals surface area contributed by atoms with Gasteiger partial charge in [-0.15, -0.1) is 0 Å². The number of halogens is 1. The fraction of sp³-hybridized carbons (Fsp3) is 0.105. The number of pyridine rings is 1. The highest BCUT2D eigenvalue weighted by molar-refractivity contribution is 6.30. The molecule has 0 spiro atoms. The molecule has 1 aromatic carbocycles. The van der Waals surface area contributed by atoms with Crippen molar-refractivity contribution in [2.24, 2.45) is 0 Å². The maximum Gasteiger partial charge on any atom is 0.163 e. The standard InChI is InChI=1S/C19H15ClN4/c1-2-16-18(13-5-7-15(20)8-6-13)19-22-11-9-17(24(19)23-16)14-4-3-10-21-12-14/h3-12H,2H2,1H3. The van der Waals surface area contributed by atoms with Crippen LogP contribution in [0.25, 0.3) is 28.0 Å². The zero-order chi connectivity index (χ0) is 16.5. The third-order valence-electron chi connectivity index (χ3n) is 4.02. The lowest BCUT2D eigenvalue weighted by atomic mass is 10.0. The number of fused-ring (bicyclic) bond motifs is 1. The molecule has 0 amide bonds. The average Bonchev–Trinajstić information content (AvgIpc) is 3.02. The van der Waals surface area contributed by atoms with Crippen LogP contribution in [0.3, 0.4) is 0 Å². The van der Waals surface area contributed by atoms with Crippen LogP contribution in [0.1, 0.15) is 12.6 Å². The summed E-state index contributed by atoms with van der Waals surface area (Å²) in [7, 11) is 0. The molecule has 118 valence electrons. The first-order valence-electron chi connectivity index (χ1n) is 7.81. The Balaban J connectivity index is 2.00. The van der Waals surface area contributed by atoms with Crippen molar-refractivity contribution >= 4 is 17.2 Å². The summed E-state index contributed by atoms with van der Waals surface area (Å²) < 4.78 is 1.90. The molecule has 0 saturated heterocycles. The van der Waals surface area contributed by atoms with Gasteiger partial charge in [0.1, 0.15) is 0 Å². The Hall–Kier alpha value is -2.72. The summed E-state index contributed by atoms with van der Waals surface area (Å²) in [5, 5.41) is 5.52. The zero-order valence-corrected chi connectivity index (χ0v) is 13.9. The summed E-state index contributed by atoms with van der Waals surface area (Å²) in [4.78, 5) is 8.79. The zero-order valence-electron chi connectivity index (χ0n) is 13.1. The molecule has 3 heterocycles. The van der Waals surface area contributed by atoms with Gasteiger partial charge in [0, 0.05) is 34.7 Å². The van der Waals surface area contributed by atoms with Gasteiger partial charge in [0.15, 0.2) is 5.65 Å². The Morgan fingerprint density at radius 2 is 1.83 bits per heavy atom. The van der Waals surface area contributed by atoms with Gasteiger partial charge in [-0.3, -0.25) is 4.98 Å². The van der Waals surface area contributed by atoms with Crippen molar-refractivity contribution in [3.8, 4) is 22.4 Å². The number of aromatic nitrogens is 4. The van der Waals surface area contributed by atoms with E-state index in [0.717, 1.165) is 45.2 Å². The molecule has 0 saturated carbocycles. The second-order valence-electron chi connectivity index (χ2n) is 5.49. The number of rotatable bonds is 3. The summed E-state index contributed by atoms with van der Waals surface area (Å²) >= 11 is 6.03. The largest absolute Gasteiger partial charge is 0.264 e. The highest BCUT2D eigenvalue weighted by Crippen LogP contribution is 2.31. The first-order chi connectivity index (χ1) is 11.8. The number of benzene rings is 1. The first-order valence-corrected chi connectivity index (χ1v) is 8.18. The predicted octanol–water partition coefficient (Wildman–Crippen LogP) is 4.67. The normalized spacial score (nSPS) is 11.1. The van der Waals surface area contributed by atoms with Gasteiger partial charge < -0.3 is 0 Å². The van der Waals surface area contributed by atoms with E-state index >= 15 is 0 Å². The van der Waals surface area contributed by atoms with E-state index in [1.54, 1.807) is 6.20 Å². The number of nitrogens with zero attached hydrogens (tertiary/aromatic N) is 4. The average molecular weight is 335 g/mol. The maximum absolute atomic E-state index is 6.03. The van der Waals surface area contributed by atoms with Crippen LogP contribution in [-0.2, 0) is 6.42 Å². The molecule has 0 unspecified atom stereocenters. The van der Waals surface area contributed by atoms with Crippen LogP contribution < -0.4 is 0 Å². The van der Waals surface area contributed by atoms with Gasteiger partial charge in [-0.1, -0.05) is 30.7 Å². The molecule has 4 nitrogen and oxygen atoms in total. The Labute approximate surface area is 144 Å². The van der Waals surface area contributed by atoms with Gasteiger partial charge in [0.05, 0.1) is 11.4 Å². The van der Waals surface area contributed by atoms with Crippen LogP contribution in [0.2, 0.25) is 5.02 Å². The van der Waals surface area contributed by atoms with E-state index in [1.807, 2.05) is 59.4 Å². The third kappa shape index (κ3) is 2.45. The van der Waals surface area contributed by atoms with Crippen LogP contribution in [0, 0.1) is 0 Å². The van der Waals surface area contributed by atoms with Crippen LogP contribution in [0.5, 0.6) is 0 Å². The number of hydrogen-bond donors (Lipinski definition) is 0. The topological polar surface area (TPSA) is 43.1 Å². The summed E-state index contributed by atoms with van der Waals surface area (Å²) in [5.41, 5.74) is 5.97. The van der Waals surface area contributed by atoms with Crippen LogP contribution in [-0.4, -0.2) is 19.6 Å². The molecule has 0 fully saturated rings. The molecular weight excluding hydrogens is 320 g/mol. The van der Waals surface area contributed by atoms with Crippen molar-refractivity contribution < 1.29 is 0 Å². The van der Waals surface area contributed by atoms with Crippen molar-refractivity contribution in [2.75, 3.05) is 0 Å². The number of hydrogen-bond acceptors (Lipinski definition) is 3. The van der Waals surface area contributed by atoms with Crippen molar-refractivity contribution in [1.29, 1.82) is 0 Å². The lowest BCUT2D eigenvalue weighted by Crippen LogP contribution is -1.96. The van der Waals surface area contributed by atoms with Gasteiger partial charge in [-0.25, -0.2) is 9.50 Å². The fourth-order valence-corrected chi connectivity index (χ4v) is 3.01. The van der Waals surface area contributed by atoms with Crippen LogP contribution in [0.4, 0.5) is 0 Å². The molecule has 0 radical (unpaired) electrons. The summed E-state index contributed by atoms with van der Waals surface area (Å²) in [6, 6.07) is 13.7. The fourth-order valence-electron chi connectivity index (χ4n) is 2.88. The molecule has 0 aliphatic rings. The van der Waals surface area contributed by atoms with Crippen molar-refractivity contribution in [3.05, 3.63) is 71.8 Å². The minimum atomic E-state index is 0.720. The minimum Gasteiger partial charge on any atom is -0.264 e. The molecule has 0 aliphatic carbocycles. The van der Waals surface area contributed by atoms with E-state index in [4.69, 9.17) is 16.7 Å². The SMILES string of the molecule is CCc1nn2c(-c3cccnc3)ccnc2c1-c1ccc(Cl)cc1. The van der Waals surface area contributed by atoms with E-state index in [9.17, 15) is 0 Å². The van der Waals surface area contributed by atoms with E-state index in [0.29, 0.717) is 0 Å². The van der Waals surface area contributed by atoms with Gasteiger partial charge in [-0.2, -0.15) is 5.10 Å². The monoisotopic (exact) mass is 334 g/mol. The molecule has 0 atom stereocenters.